The molecule has 0 aromatic heterocycles. The smallest absolute Gasteiger partial charge is 0.261 e. The Morgan fingerprint density at radius 3 is 2.52 bits per heavy atom. The van der Waals surface area contributed by atoms with Gasteiger partial charge < -0.3 is 5.32 Å². The standard InChI is InChI=1S/C19H24N2O3S/c1-5-15(4)20-19(22)16-7-6-8-17(12-16)25(23,24)21-18-11-13(2)9-10-14(18)3/h6-12,15,21H,5H2,1-4H3,(H,20,22). The fourth-order valence-electron chi connectivity index (χ4n) is 2.26. The van der Waals surface area contributed by atoms with Crippen LogP contribution in [-0.2, 0) is 10.0 Å². The molecular weight excluding hydrogens is 336 g/mol. The van der Waals surface area contributed by atoms with Gasteiger partial charge in [0.1, 0.15) is 0 Å². The monoisotopic (exact) mass is 360 g/mol. The molecule has 0 fully saturated rings. The van der Waals surface area contributed by atoms with Gasteiger partial charge in [-0.15, -0.1) is 0 Å². The van der Waals surface area contributed by atoms with Crippen LogP contribution in [0.1, 0.15) is 41.8 Å². The Morgan fingerprint density at radius 2 is 1.84 bits per heavy atom. The van der Waals surface area contributed by atoms with Crippen LogP contribution < -0.4 is 10.0 Å². The molecule has 1 atom stereocenters. The maximum absolute atomic E-state index is 12.7. The molecule has 2 aromatic rings. The third-order valence-corrected chi connectivity index (χ3v) is 5.40. The first-order valence-corrected chi connectivity index (χ1v) is 9.72. The van der Waals surface area contributed by atoms with Crippen molar-refractivity contribution in [1.82, 2.24) is 5.32 Å². The highest BCUT2D eigenvalue weighted by Crippen LogP contribution is 2.21. The van der Waals surface area contributed by atoms with Crippen LogP contribution in [0.5, 0.6) is 0 Å². The molecule has 0 saturated carbocycles. The minimum absolute atomic E-state index is 0.0285. The number of carbonyl (C=O) groups excluding carboxylic acids is 1. The van der Waals surface area contributed by atoms with E-state index >= 15 is 0 Å². The summed E-state index contributed by atoms with van der Waals surface area (Å²) in [6.45, 7) is 7.62. The second-order valence-electron chi connectivity index (χ2n) is 6.23. The van der Waals surface area contributed by atoms with Crippen molar-refractivity contribution in [3.05, 3.63) is 59.2 Å². The van der Waals surface area contributed by atoms with Gasteiger partial charge in [0.15, 0.2) is 0 Å². The first kappa shape index (κ1) is 19.0. The van der Waals surface area contributed by atoms with E-state index in [4.69, 9.17) is 0 Å². The fraction of sp³-hybridized carbons (Fsp3) is 0.316. The highest BCUT2D eigenvalue weighted by Gasteiger charge is 2.18. The normalized spacial score (nSPS) is 12.5. The van der Waals surface area contributed by atoms with E-state index in [-0.39, 0.29) is 16.8 Å². The van der Waals surface area contributed by atoms with Crippen molar-refractivity contribution >= 4 is 21.6 Å². The Kier molecular flexibility index (Phi) is 5.85. The molecule has 0 aliphatic rings. The molecule has 1 amide bonds. The molecule has 0 radical (unpaired) electrons. The fourth-order valence-corrected chi connectivity index (χ4v) is 3.43. The zero-order valence-electron chi connectivity index (χ0n) is 15.0. The lowest BCUT2D eigenvalue weighted by Crippen LogP contribution is -2.32. The van der Waals surface area contributed by atoms with Crippen LogP contribution in [0.15, 0.2) is 47.4 Å². The molecule has 134 valence electrons. The lowest BCUT2D eigenvalue weighted by Gasteiger charge is -2.14. The van der Waals surface area contributed by atoms with E-state index in [0.717, 1.165) is 17.5 Å². The van der Waals surface area contributed by atoms with Crippen LogP contribution in [0, 0.1) is 13.8 Å². The molecule has 0 bridgehead atoms. The lowest BCUT2D eigenvalue weighted by atomic mass is 10.1. The number of nitrogens with one attached hydrogen (secondary N) is 2. The molecule has 5 nitrogen and oxygen atoms in total. The van der Waals surface area contributed by atoms with Gasteiger partial charge >= 0.3 is 0 Å². The summed E-state index contributed by atoms with van der Waals surface area (Å²) in [5.74, 6) is -0.280. The van der Waals surface area contributed by atoms with Crippen LogP contribution in [-0.4, -0.2) is 20.4 Å². The predicted molar refractivity (Wildman–Crippen MR) is 100 cm³/mol. The van der Waals surface area contributed by atoms with E-state index in [2.05, 4.69) is 10.0 Å². The Bertz CT molecular complexity index is 876. The first-order valence-electron chi connectivity index (χ1n) is 8.24. The van der Waals surface area contributed by atoms with Crippen LogP contribution >= 0.6 is 0 Å². The summed E-state index contributed by atoms with van der Waals surface area (Å²) in [5, 5.41) is 2.84. The number of benzene rings is 2. The van der Waals surface area contributed by atoms with E-state index in [9.17, 15) is 13.2 Å². The minimum atomic E-state index is -3.77. The molecule has 0 aliphatic heterocycles. The number of anilines is 1. The number of amides is 1. The number of carbonyl (C=O) groups is 1. The maximum Gasteiger partial charge on any atom is 0.261 e. The summed E-state index contributed by atoms with van der Waals surface area (Å²) in [7, 11) is -3.77. The van der Waals surface area contributed by atoms with E-state index < -0.39 is 10.0 Å². The van der Waals surface area contributed by atoms with Crippen LogP contribution in [0.3, 0.4) is 0 Å². The highest BCUT2D eigenvalue weighted by molar-refractivity contribution is 7.92. The Morgan fingerprint density at radius 1 is 1.12 bits per heavy atom. The van der Waals surface area contributed by atoms with Crippen molar-refractivity contribution in [3.63, 3.8) is 0 Å². The SMILES string of the molecule is CCC(C)NC(=O)c1cccc(S(=O)(=O)Nc2cc(C)ccc2C)c1. The Balaban J connectivity index is 2.29. The van der Waals surface area contributed by atoms with Crippen LogP contribution in [0.2, 0.25) is 0 Å². The van der Waals surface area contributed by atoms with Gasteiger partial charge in [0.25, 0.3) is 15.9 Å². The van der Waals surface area contributed by atoms with Crippen molar-refractivity contribution in [3.8, 4) is 0 Å². The van der Waals surface area contributed by atoms with Crippen LogP contribution in [0.4, 0.5) is 5.69 Å². The van der Waals surface area contributed by atoms with Gasteiger partial charge in [0, 0.05) is 11.6 Å². The van der Waals surface area contributed by atoms with Gasteiger partial charge in [-0.05, 0) is 62.6 Å². The van der Waals surface area contributed by atoms with E-state index in [1.165, 1.54) is 12.1 Å². The number of hydrogen-bond acceptors (Lipinski definition) is 3. The maximum atomic E-state index is 12.7. The molecule has 1 unspecified atom stereocenters. The minimum Gasteiger partial charge on any atom is -0.350 e. The zero-order valence-corrected chi connectivity index (χ0v) is 15.8. The largest absolute Gasteiger partial charge is 0.350 e. The summed E-state index contributed by atoms with van der Waals surface area (Å²) >= 11 is 0. The average molecular weight is 360 g/mol. The summed E-state index contributed by atoms with van der Waals surface area (Å²) in [4.78, 5) is 12.3. The molecule has 0 spiro atoms. The van der Waals surface area contributed by atoms with Crippen LogP contribution in [0.25, 0.3) is 0 Å². The topological polar surface area (TPSA) is 75.3 Å². The Labute approximate surface area is 149 Å². The predicted octanol–water partition coefficient (Wildman–Crippen LogP) is 3.63. The molecule has 6 heteroatoms. The molecule has 0 heterocycles. The van der Waals surface area contributed by atoms with Gasteiger partial charge in [0.2, 0.25) is 0 Å². The van der Waals surface area contributed by atoms with E-state index in [1.807, 2.05) is 39.8 Å². The van der Waals surface area contributed by atoms with Crippen molar-refractivity contribution in [2.75, 3.05) is 4.72 Å². The van der Waals surface area contributed by atoms with E-state index in [0.29, 0.717) is 11.3 Å². The first-order chi connectivity index (χ1) is 11.7. The van der Waals surface area contributed by atoms with Gasteiger partial charge in [-0.3, -0.25) is 9.52 Å². The number of hydrogen-bond donors (Lipinski definition) is 2. The molecule has 2 N–H and O–H groups in total. The zero-order chi connectivity index (χ0) is 18.6. The van der Waals surface area contributed by atoms with Gasteiger partial charge in [-0.1, -0.05) is 25.1 Å². The third kappa shape index (κ3) is 4.82. The average Bonchev–Trinajstić information content (AvgIpc) is 2.58. The highest BCUT2D eigenvalue weighted by atomic mass is 32.2. The second-order valence-corrected chi connectivity index (χ2v) is 7.92. The summed E-state index contributed by atoms with van der Waals surface area (Å²) < 4.78 is 28.0. The molecule has 2 aromatic carbocycles. The Hall–Kier alpha value is -2.34. The number of aryl methyl sites for hydroxylation is 2. The molecule has 25 heavy (non-hydrogen) atoms. The van der Waals surface area contributed by atoms with Gasteiger partial charge in [-0.2, -0.15) is 0 Å². The van der Waals surface area contributed by atoms with Gasteiger partial charge in [0.05, 0.1) is 10.6 Å². The number of sulfonamides is 1. The lowest BCUT2D eigenvalue weighted by molar-refractivity contribution is 0.0939. The molecular formula is C19H24N2O3S. The number of rotatable bonds is 6. The summed E-state index contributed by atoms with van der Waals surface area (Å²) in [6, 6.07) is 11.7. The molecule has 0 saturated heterocycles. The molecule has 0 aliphatic carbocycles. The summed E-state index contributed by atoms with van der Waals surface area (Å²) in [6.07, 6.45) is 0.803. The van der Waals surface area contributed by atoms with Crippen molar-refractivity contribution in [2.45, 2.75) is 45.1 Å². The van der Waals surface area contributed by atoms with Gasteiger partial charge in [-0.25, -0.2) is 8.42 Å². The third-order valence-electron chi connectivity index (χ3n) is 4.03. The van der Waals surface area contributed by atoms with E-state index in [1.54, 1.807) is 18.2 Å². The second kappa shape index (κ2) is 7.70. The van der Waals surface area contributed by atoms with Crippen molar-refractivity contribution < 1.29 is 13.2 Å². The van der Waals surface area contributed by atoms with Crippen molar-refractivity contribution in [1.29, 1.82) is 0 Å². The van der Waals surface area contributed by atoms with Crippen molar-refractivity contribution in [2.24, 2.45) is 0 Å². The summed E-state index contributed by atoms with van der Waals surface area (Å²) in [5.41, 5.74) is 2.66. The molecule has 2 rings (SSSR count). The quantitative estimate of drug-likeness (QED) is 0.826.